The number of aryl methyl sites for hydroxylation is 2. The van der Waals surface area contributed by atoms with E-state index in [2.05, 4.69) is 19.9 Å². The maximum Gasteiger partial charge on any atom is 0.225 e. The van der Waals surface area contributed by atoms with Gasteiger partial charge in [0.25, 0.3) is 0 Å². The first kappa shape index (κ1) is 19.6. The maximum atomic E-state index is 13.0. The van der Waals surface area contributed by atoms with Crippen LogP contribution in [0.25, 0.3) is 0 Å². The van der Waals surface area contributed by atoms with Crippen molar-refractivity contribution in [2.75, 3.05) is 36.9 Å². The Hall–Kier alpha value is -2.74. The Bertz CT molecular complexity index is 874. The lowest BCUT2D eigenvalue weighted by atomic mass is 9.87. The molecule has 8 nitrogen and oxygen atoms in total. The number of carbonyl (C=O) groups is 1. The summed E-state index contributed by atoms with van der Waals surface area (Å²) >= 11 is 0. The fraction of sp³-hybridized carbons (Fsp3) is 0.524. The Morgan fingerprint density at radius 3 is 2.72 bits per heavy atom. The summed E-state index contributed by atoms with van der Waals surface area (Å²) in [7, 11) is 0. The number of rotatable bonds is 3. The number of pyridine rings is 1. The van der Waals surface area contributed by atoms with Crippen molar-refractivity contribution in [2.24, 2.45) is 0 Å². The van der Waals surface area contributed by atoms with Gasteiger partial charge in [0.2, 0.25) is 11.9 Å². The van der Waals surface area contributed by atoms with E-state index >= 15 is 0 Å². The van der Waals surface area contributed by atoms with E-state index in [0.717, 1.165) is 48.7 Å². The predicted molar refractivity (Wildman–Crippen MR) is 110 cm³/mol. The van der Waals surface area contributed by atoms with E-state index in [4.69, 9.17) is 10.5 Å². The number of aromatic nitrogens is 3. The molecule has 1 amide bonds. The number of nitrogen functional groups attached to an aromatic ring is 1. The van der Waals surface area contributed by atoms with Crippen LogP contribution >= 0.6 is 0 Å². The lowest BCUT2D eigenvalue weighted by molar-refractivity contribution is -0.134. The summed E-state index contributed by atoms with van der Waals surface area (Å²) in [6.07, 6.45) is 3.79. The number of nitrogens with two attached hydrogens (primary N) is 1. The van der Waals surface area contributed by atoms with Crippen LogP contribution in [0.4, 0.5) is 11.8 Å². The largest absolute Gasteiger partial charge is 0.372 e. The third-order valence-corrected chi connectivity index (χ3v) is 5.93. The first-order valence-corrected chi connectivity index (χ1v) is 10.1. The molecule has 0 saturated carbocycles. The Morgan fingerprint density at radius 1 is 1.21 bits per heavy atom. The van der Waals surface area contributed by atoms with Crippen LogP contribution in [-0.4, -0.2) is 57.6 Å². The summed E-state index contributed by atoms with van der Waals surface area (Å²) in [4.78, 5) is 30.0. The second kappa shape index (κ2) is 7.94. The smallest absolute Gasteiger partial charge is 0.225 e. The van der Waals surface area contributed by atoms with E-state index in [-0.39, 0.29) is 11.5 Å². The molecule has 2 N–H and O–H groups in total. The molecule has 154 valence electrons. The second-order valence-corrected chi connectivity index (χ2v) is 7.98. The molecule has 29 heavy (non-hydrogen) atoms. The number of hydrogen-bond donors (Lipinski definition) is 1. The van der Waals surface area contributed by atoms with Crippen molar-refractivity contribution in [3.05, 3.63) is 41.3 Å². The van der Waals surface area contributed by atoms with Crippen molar-refractivity contribution >= 4 is 17.7 Å². The lowest BCUT2D eigenvalue weighted by Gasteiger charge is -2.41. The molecular formula is C21H28N6O2. The molecule has 0 radical (unpaired) electrons. The second-order valence-electron chi connectivity index (χ2n) is 7.98. The molecule has 2 saturated heterocycles. The third kappa shape index (κ3) is 4.32. The van der Waals surface area contributed by atoms with Crippen LogP contribution in [0.5, 0.6) is 0 Å². The normalized spacial score (nSPS) is 19.4. The highest BCUT2D eigenvalue weighted by Crippen LogP contribution is 2.34. The molecule has 0 atom stereocenters. The van der Waals surface area contributed by atoms with E-state index in [9.17, 15) is 4.79 Å². The average molecular weight is 396 g/mol. The highest BCUT2D eigenvalue weighted by molar-refractivity contribution is 5.77. The van der Waals surface area contributed by atoms with Crippen molar-refractivity contribution in [3.63, 3.8) is 0 Å². The van der Waals surface area contributed by atoms with Gasteiger partial charge in [0.05, 0.1) is 18.6 Å². The highest BCUT2D eigenvalue weighted by Gasteiger charge is 2.41. The van der Waals surface area contributed by atoms with Crippen LogP contribution in [0.1, 0.15) is 36.2 Å². The van der Waals surface area contributed by atoms with Gasteiger partial charge in [-0.25, -0.2) is 4.98 Å². The third-order valence-electron chi connectivity index (χ3n) is 5.93. The number of carbonyl (C=O) groups excluding carboxylic acids is 1. The minimum Gasteiger partial charge on any atom is -0.372 e. The van der Waals surface area contributed by atoms with E-state index in [1.807, 2.05) is 36.9 Å². The van der Waals surface area contributed by atoms with E-state index in [1.54, 1.807) is 6.20 Å². The first-order chi connectivity index (χ1) is 13.9. The van der Waals surface area contributed by atoms with Gasteiger partial charge in [0.1, 0.15) is 5.82 Å². The van der Waals surface area contributed by atoms with Gasteiger partial charge >= 0.3 is 0 Å². The molecule has 0 unspecified atom stereocenters. The molecule has 4 heterocycles. The van der Waals surface area contributed by atoms with Crippen molar-refractivity contribution < 1.29 is 9.53 Å². The number of anilines is 2. The van der Waals surface area contributed by atoms with Crippen LogP contribution in [0, 0.1) is 13.8 Å². The van der Waals surface area contributed by atoms with Gasteiger partial charge in [0, 0.05) is 49.8 Å². The van der Waals surface area contributed by atoms with E-state index in [1.165, 1.54) is 0 Å². The number of piperidine rings is 1. The number of ether oxygens (including phenoxy) is 1. The molecule has 0 aliphatic carbocycles. The predicted octanol–water partition coefficient (Wildman–Crippen LogP) is 1.86. The first-order valence-electron chi connectivity index (χ1n) is 10.1. The molecule has 2 fully saturated rings. The van der Waals surface area contributed by atoms with Gasteiger partial charge in [-0.1, -0.05) is 6.07 Å². The van der Waals surface area contributed by atoms with Crippen molar-refractivity contribution in [3.8, 4) is 0 Å². The number of hydrogen-bond acceptors (Lipinski definition) is 7. The molecule has 2 aromatic rings. The van der Waals surface area contributed by atoms with Gasteiger partial charge in [-0.2, -0.15) is 4.98 Å². The quantitative estimate of drug-likeness (QED) is 0.846. The molecule has 2 aliphatic heterocycles. The zero-order valence-electron chi connectivity index (χ0n) is 17.1. The van der Waals surface area contributed by atoms with Gasteiger partial charge in [-0.15, -0.1) is 0 Å². The van der Waals surface area contributed by atoms with Crippen molar-refractivity contribution in [1.29, 1.82) is 0 Å². The zero-order chi connectivity index (χ0) is 20.4. The molecule has 2 aliphatic rings. The minimum atomic E-state index is -0.389. The van der Waals surface area contributed by atoms with Gasteiger partial charge in [-0.3, -0.25) is 9.78 Å². The molecule has 4 rings (SSSR count). The van der Waals surface area contributed by atoms with Crippen molar-refractivity contribution in [1.82, 2.24) is 19.9 Å². The van der Waals surface area contributed by atoms with Crippen LogP contribution < -0.4 is 10.6 Å². The van der Waals surface area contributed by atoms with Crippen LogP contribution in [-0.2, 0) is 16.1 Å². The fourth-order valence-electron chi connectivity index (χ4n) is 4.19. The summed E-state index contributed by atoms with van der Waals surface area (Å²) in [6, 6.07) is 5.90. The molecule has 1 spiro atoms. The number of nitrogens with zero attached hydrogens (tertiary/aromatic N) is 5. The van der Waals surface area contributed by atoms with Crippen molar-refractivity contribution in [2.45, 2.75) is 45.3 Å². The lowest BCUT2D eigenvalue weighted by Crippen LogP contribution is -2.47. The summed E-state index contributed by atoms with van der Waals surface area (Å²) < 4.78 is 6.27. The van der Waals surface area contributed by atoms with E-state index in [0.29, 0.717) is 32.1 Å². The molecule has 0 bridgehead atoms. The Kier molecular flexibility index (Phi) is 5.36. The monoisotopic (exact) mass is 396 g/mol. The summed E-state index contributed by atoms with van der Waals surface area (Å²) in [6.45, 7) is 7.22. The molecule has 2 aromatic heterocycles. The van der Waals surface area contributed by atoms with Crippen LogP contribution in [0.2, 0.25) is 0 Å². The topological polar surface area (TPSA) is 97.5 Å². The molecule has 8 heteroatoms. The molecule has 0 aromatic carbocycles. The highest BCUT2D eigenvalue weighted by atomic mass is 16.5. The van der Waals surface area contributed by atoms with Crippen LogP contribution in [0.15, 0.2) is 24.4 Å². The van der Waals surface area contributed by atoms with E-state index < -0.39 is 0 Å². The average Bonchev–Trinajstić information content (AvgIpc) is 2.82. The van der Waals surface area contributed by atoms with Gasteiger partial charge < -0.3 is 20.3 Å². The Labute approximate surface area is 171 Å². The standard InChI is InChI=1S/C21H28N6O2/c1-15-12-18(25-20(22)24-15)26-8-5-21(6-9-26)13-19(28)27(10-11-29-21)14-17-4-3-7-23-16(17)2/h3-4,7,12H,5-6,8-11,13-14H2,1-2H3,(H2,22,24,25). The van der Waals surface area contributed by atoms with Gasteiger partial charge in [0.15, 0.2) is 0 Å². The summed E-state index contributed by atoms with van der Waals surface area (Å²) in [5.74, 6) is 1.29. The fourth-order valence-corrected chi connectivity index (χ4v) is 4.19. The van der Waals surface area contributed by atoms with Gasteiger partial charge in [-0.05, 0) is 38.3 Å². The SMILES string of the molecule is Cc1cc(N2CCC3(CC2)CC(=O)N(Cc2cccnc2C)CCO3)nc(N)n1. The summed E-state index contributed by atoms with van der Waals surface area (Å²) in [5.41, 5.74) is 8.32. The van der Waals surface area contributed by atoms with Crippen LogP contribution in [0.3, 0.4) is 0 Å². The maximum absolute atomic E-state index is 13.0. The molecular weight excluding hydrogens is 368 g/mol. The summed E-state index contributed by atoms with van der Waals surface area (Å²) in [5, 5.41) is 0. The zero-order valence-corrected chi connectivity index (χ0v) is 17.1. The number of amides is 1. The Morgan fingerprint density at radius 2 is 2.00 bits per heavy atom. The minimum absolute atomic E-state index is 0.154. The Balaban J connectivity index is 1.41.